The quantitative estimate of drug-likeness (QED) is 0.514. The summed E-state index contributed by atoms with van der Waals surface area (Å²) in [5, 5.41) is 0. The Morgan fingerprint density at radius 2 is 1.71 bits per heavy atom. The minimum Gasteiger partial charge on any atom is -0.398 e. The fourth-order valence-electron chi connectivity index (χ4n) is 2.21. The molecule has 0 bridgehead atoms. The zero-order valence-corrected chi connectivity index (χ0v) is 11.6. The number of carbonyl (C=O) groups is 2. The number of para-hydroxylation sites is 1. The second-order valence-corrected chi connectivity index (χ2v) is 4.65. The van der Waals surface area contributed by atoms with Crippen LogP contribution >= 0.6 is 0 Å². The molecule has 1 unspecified atom stereocenters. The van der Waals surface area contributed by atoms with Crippen molar-refractivity contribution in [1.82, 2.24) is 0 Å². The molecule has 2 rings (SSSR count). The van der Waals surface area contributed by atoms with Gasteiger partial charge in [-0.3, -0.25) is 0 Å². The molecule has 21 heavy (non-hydrogen) atoms. The monoisotopic (exact) mass is 284 g/mol. The first-order valence-corrected chi connectivity index (χ1v) is 6.45. The minimum atomic E-state index is -1.15. The summed E-state index contributed by atoms with van der Waals surface area (Å²) >= 11 is 0. The van der Waals surface area contributed by atoms with Crippen LogP contribution in [0.15, 0.2) is 48.5 Å². The van der Waals surface area contributed by atoms with Crippen LogP contribution in [0, 0.1) is 0 Å². The molecule has 2 aromatic carbocycles. The van der Waals surface area contributed by atoms with Gasteiger partial charge in [-0.15, -0.1) is 0 Å². The Kier molecular flexibility index (Phi) is 4.23. The van der Waals surface area contributed by atoms with Crippen LogP contribution in [-0.2, 0) is 4.74 Å². The van der Waals surface area contributed by atoms with Crippen LogP contribution in [0.1, 0.15) is 34.3 Å². The Hall–Kier alpha value is -2.82. The van der Waals surface area contributed by atoms with Crippen molar-refractivity contribution >= 4 is 17.7 Å². The highest BCUT2D eigenvalue weighted by Gasteiger charge is 2.19. The Balaban J connectivity index is 2.38. The number of benzene rings is 2. The number of hydrogen-bond acceptors (Lipinski definition) is 4. The Morgan fingerprint density at radius 3 is 2.33 bits per heavy atom. The molecule has 0 aliphatic heterocycles. The maximum absolute atomic E-state index is 11.8. The van der Waals surface area contributed by atoms with Crippen molar-refractivity contribution in [3.63, 3.8) is 0 Å². The van der Waals surface area contributed by atoms with Crippen LogP contribution in [-0.4, -0.2) is 12.1 Å². The van der Waals surface area contributed by atoms with Gasteiger partial charge in [-0.25, -0.2) is 9.59 Å². The Bertz CT molecular complexity index is 668. The minimum absolute atomic E-state index is 0.00697. The van der Waals surface area contributed by atoms with Gasteiger partial charge in [-0.2, -0.15) is 0 Å². The number of ether oxygens (including phenoxy) is 1. The molecule has 0 aliphatic rings. The van der Waals surface area contributed by atoms with Crippen molar-refractivity contribution in [2.45, 2.75) is 12.8 Å². The standard InChI is InChI=1S/C16H16N2O3/c1-10(11-6-3-2-4-7-11)12-8-5-9-13(14(12)17)15(19)21-16(18)20/h2-10H,17H2,1H3,(H2,18,20). The number of primary amides is 1. The smallest absolute Gasteiger partial charge is 0.398 e. The van der Waals surface area contributed by atoms with E-state index < -0.39 is 12.1 Å². The SMILES string of the molecule is CC(c1ccccc1)c1cccc(C(=O)OC(N)=O)c1N. The Morgan fingerprint density at radius 1 is 1.05 bits per heavy atom. The fraction of sp³-hybridized carbons (Fsp3) is 0.125. The van der Waals surface area contributed by atoms with Crippen LogP contribution < -0.4 is 11.5 Å². The average Bonchev–Trinajstić information content (AvgIpc) is 2.47. The van der Waals surface area contributed by atoms with E-state index in [4.69, 9.17) is 11.5 Å². The van der Waals surface area contributed by atoms with Crippen molar-refractivity contribution in [2.75, 3.05) is 5.73 Å². The van der Waals surface area contributed by atoms with Gasteiger partial charge in [0, 0.05) is 11.6 Å². The largest absolute Gasteiger partial charge is 0.412 e. The fourth-order valence-corrected chi connectivity index (χ4v) is 2.21. The molecule has 108 valence electrons. The molecule has 0 radical (unpaired) electrons. The summed E-state index contributed by atoms with van der Waals surface area (Å²) < 4.78 is 4.38. The molecule has 2 aromatic rings. The van der Waals surface area contributed by atoms with E-state index in [1.54, 1.807) is 6.07 Å². The van der Waals surface area contributed by atoms with Crippen molar-refractivity contribution in [3.8, 4) is 0 Å². The molecule has 5 nitrogen and oxygen atoms in total. The van der Waals surface area contributed by atoms with Crippen molar-refractivity contribution in [2.24, 2.45) is 5.73 Å². The molecule has 1 amide bonds. The van der Waals surface area contributed by atoms with Gasteiger partial charge in [0.2, 0.25) is 0 Å². The predicted molar refractivity (Wildman–Crippen MR) is 79.8 cm³/mol. The summed E-state index contributed by atoms with van der Waals surface area (Å²) in [7, 11) is 0. The molecular weight excluding hydrogens is 268 g/mol. The highest BCUT2D eigenvalue weighted by atomic mass is 16.6. The van der Waals surface area contributed by atoms with E-state index >= 15 is 0 Å². The van der Waals surface area contributed by atoms with E-state index in [2.05, 4.69) is 4.74 Å². The maximum atomic E-state index is 11.8. The topological polar surface area (TPSA) is 95.4 Å². The van der Waals surface area contributed by atoms with Gasteiger partial charge in [-0.05, 0) is 17.2 Å². The van der Waals surface area contributed by atoms with Gasteiger partial charge in [0.25, 0.3) is 0 Å². The van der Waals surface area contributed by atoms with E-state index in [0.717, 1.165) is 11.1 Å². The molecule has 1 atom stereocenters. The molecule has 0 aliphatic carbocycles. The third-order valence-electron chi connectivity index (χ3n) is 3.32. The molecule has 5 heteroatoms. The lowest BCUT2D eigenvalue weighted by atomic mass is 9.90. The summed E-state index contributed by atoms with van der Waals surface area (Å²) in [6, 6.07) is 14.8. The van der Waals surface area contributed by atoms with Crippen LogP contribution in [0.5, 0.6) is 0 Å². The molecule has 0 fully saturated rings. The lowest BCUT2D eigenvalue weighted by molar-refractivity contribution is 0.0639. The molecule has 0 heterocycles. The number of amides is 1. The van der Waals surface area contributed by atoms with Crippen molar-refractivity contribution in [3.05, 3.63) is 65.2 Å². The van der Waals surface area contributed by atoms with Crippen LogP contribution in [0.2, 0.25) is 0 Å². The zero-order chi connectivity index (χ0) is 15.4. The first-order chi connectivity index (χ1) is 10.0. The normalized spacial score (nSPS) is 11.7. The van der Waals surface area contributed by atoms with Gasteiger partial charge in [-0.1, -0.05) is 49.4 Å². The summed E-state index contributed by atoms with van der Waals surface area (Å²) in [5.41, 5.74) is 13.2. The number of nitrogen functional groups attached to an aromatic ring is 1. The van der Waals surface area contributed by atoms with E-state index in [-0.39, 0.29) is 11.5 Å². The van der Waals surface area contributed by atoms with Crippen LogP contribution in [0.3, 0.4) is 0 Å². The third kappa shape index (κ3) is 3.20. The number of esters is 1. The zero-order valence-electron chi connectivity index (χ0n) is 11.6. The van der Waals surface area contributed by atoms with Crippen LogP contribution in [0.25, 0.3) is 0 Å². The molecule has 0 aromatic heterocycles. The van der Waals surface area contributed by atoms with Gasteiger partial charge in [0.15, 0.2) is 0 Å². The number of hydrogen-bond donors (Lipinski definition) is 2. The highest BCUT2D eigenvalue weighted by molar-refractivity contribution is 6.00. The second kappa shape index (κ2) is 6.09. The molecule has 0 saturated heterocycles. The van der Waals surface area contributed by atoms with Gasteiger partial charge < -0.3 is 16.2 Å². The van der Waals surface area contributed by atoms with E-state index in [1.807, 2.05) is 43.3 Å². The highest BCUT2D eigenvalue weighted by Crippen LogP contribution is 2.30. The summed E-state index contributed by atoms with van der Waals surface area (Å²) in [6.45, 7) is 1.99. The molecule has 4 N–H and O–H groups in total. The molecule has 0 spiro atoms. The lowest BCUT2D eigenvalue weighted by Gasteiger charge is -2.16. The first-order valence-electron chi connectivity index (χ1n) is 6.45. The second-order valence-electron chi connectivity index (χ2n) is 4.65. The molecular formula is C16H16N2O3. The van der Waals surface area contributed by atoms with E-state index in [9.17, 15) is 9.59 Å². The van der Waals surface area contributed by atoms with Crippen molar-refractivity contribution < 1.29 is 14.3 Å². The summed E-state index contributed by atoms with van der Waals surface area (Å²) in [6.07, 6.45) is -1.15. The maximum Gasteiger partial charge on any atom is 0.412 e. The van der Waals surface area contributed by atoms with Gasteiger partial charge >= 0.3 is 12.1 Å². The number of carbonyl (C=O) groups excluding carboxylic acids is 2. The Labute approximate surface area is 122 Å². The van der Waals surface area contributed by atoms with Crippen molar-refractivity contribution in [1.29, 1.82) is 0 Å². The number of rotatable bonds is 3. The first kappa shape index (κ1) is 14.6. The summed E-state index contributed by atoms with van der Waals surface area (Å²) in [5.74, 6) is -0.838. The molecule has 0 saturated carbocycles. The number of anilines is 1. The van der Waals surface area contributed by atoms with E-state index in [0.29, 0.717) is 5.69 Å². The van der Waals surface area contributed by atoms with E-state index in [1.165, 1.54) is 6.07 Å². The predicted octanol–water partition coefficient (Wildman–Crippen LogP) is 2.66. The third-order valence-corrected chi connectivity index (χ3v) is 3.32. The lowest BCUT2D eigenvalue weighted by Crippen LogP contribution is -2.20. The number of nitrogens with two attached hydrogens (primary N) is 2. The average molecular weight is 284 g/mol. The van der Waals surface area contributed by atoms with Crippen LogP contribution in [0.4, 0.5) is 10.5 Å². The van der Waals surface area contributed by atoms with Gasteiger partial charge in [0.1, 0.15) is 0 Å². The van der Waals surface area contributed by atoms with Gasteiger partial charge in [0.05, 0.1) is 5.56 Å². The summed E-state index contributed by atoms with van der Waals surface area (Å²) in [4.78, 5) is 22.5.